The van der Waals surface area contributed by atoms with E-state index in [0.717, 1.165) is 21.0 Å². The average molecular weight is 1200 g/mol. The second kappa shape index (κ2) is 36.3. The van der Waals surface area contributed by atoms with Crippen molar-refractivity contribution >= 4 is 17.8 Å². The molecule has 0 aromatic carbocycles. The first-order valence-corrected chi connectivity index (χ1v) is 25.4. The van der Waals surface area contributed by atoms with Crippen molar-refractivity contribution in [1.82, 2.24) is 10.6 Å². The van der Waals surface area contributed by atoms with Gasteiger partial charge in [-0.25, -0.2) is 4.79 Å². The van der Waals surface area contributed by atoms with Gasteiger partial charge in [-0.3, -0.25) is 9.59 Å². The molecule has 20 N–H and O–H groups in total. The Bertz CT molecular complexity index is 1780. The Morgan fingerprint density at radius 1 is 0.605 bits per heavy atom. The monoisotopic (exact) mass is 1190 g/mol. The molecule has 2 amide bonds. The number of methoxy groups -OCH3 is 1. The Balaban J connectivity index is 1.93. The summed E-state index contributed by atoms with van der Waals surface area (Å²) in [5.74, 6) is -5.95. The molecule has 0 bridgehead atoms. The molecular weight excluding hydrogens is 1110 g/mol. The number of aliphatic carboxylic acids is 1. The van der Waals surface area contributed by atoms with Crippen molar-refractivity contribution in [2.75, 3.05) is 99.7 Å². The van der Waals surface area contributed by atoms with Crippen LogP contribution in [0.2, 0.25) is 0 Å². The van der Waals surface area contributed by atoms with E-state index in [1.54, 1.807) is 0 Å². The molecule has 476 valence electrons. The summed E-state index contributed by atoms with van der Waals surface area (Å²) in [5.41, 5.74) is 0. The van der Waals surface area contributed by atoms with Crippen LogP contribution in [0.15, 0.2) is 0 Å². The molecule has 24 atom stereocenters. The number of carboxylic acids is 1. The maximum atomic E-state index is 12.6. The van der Waals surface area contributed by atoms with Crippen LogP contribution in [0.1, 0.15) is 20.3 Å². The van der Waals surface area contributed by atoms with Crippen molar-refractivity contribution in [2.45, 2.75) is 167 Å². The Morgan fingerprint density at radius 2 is 1.25 bits per heavy atom. The van der Waals surface area contributed by atoms with Gasteiger partial charge in [0.1, 0.15) is 123 Å². The van der Waals surface area contributed by atoms with E-state index in [9.17, 15) is 101 Å². The molecule has 3 aliphatic rings. The summed E-state index contributed by atoms with van der Waals surface area (Å²) in [6.07, 6.45) is -41.2. The second-order valence-corrected chi connectivity index (χ2v) is 18.7. The van der Waals surface area contributed by atoms with Crippen molar-refractivity contribution in [3.05, 3.63) is 0 Å². The number of amides is 2. The zero-order chi connectivity index (χ0) is 60.7. The third kappa shape index (κ3) is 20.7. The minimum absolute atomic E-state index is 0.432. The van der Waals surface area contributed by atoms with Gasteiger partial charge in [-0.15, -0.1) is 0 Å². The average Bonchev–Trinajstić information content (AvgIpc) is 3.46. The smallest absolute Gasteiger partial charge is 0.364 e. The fourth-order valence-corrected chi connectivity index (χ4v) is 8.27. The van der Waals surface area contributed by atoms with Crippen molar-refractivity contribution in [3.63, 3.8) is 0 Å². The molecule has 36 nitrogen and oxygen atoms in total. The van der Waals surface area contributed by atoms with E-state index in [-0.39, 0.29) is 0 Å². The molecule has 3 fully saturated rings. The molecular formula is C45H82N2O34. The van der Waals surface area contributed by atoms with Crippen LogP contribution in [0.25, 0.3) is 0 Å². The van der Waals surface area contributed by atoms with Crippen molar-refractivity contribution in [2.24, 2.45) is 0 Å². The van der Waals surface area contributed by atoms with Crippen LogP contribution >= 0.6 is 0 Å². The van der Waals surface area contributed by atoms with Crippen molar-refractivity contribution < 1.29 is 168 Å². The molecule has 0 aliphatic carbocycles. The number of rotatable bonds is 39. The fourth-order valence-electron chi connectivity index (χ4n) is 8.27. The predicted molar refractivity (Wildman–Crippen MR) is 256 cm³/mol. The number of nitrogens with one attached hydrogen (secondary N) is 2. The van der Waals surface area contributed by atoms with Crippen LogP contribution in [0.3, 0.4) is 0 Å². The quantitative estimate of drug-likeness (QED) is 0.0254. The number of ether oxygens (including phenoxy) is 13. The lowest BCUT2D eigenvalue weighted by Crippen LogP contribution is -2.68. The summed E-state index contributed by atoms with van der Waals surface area (Å²) in [6.45, 7) is -9.42. The highest BCUT2D eigenvalue weighted by atomic mass is 16.8. The highest BCUT2D eigenvalue weighted by molar-refractivity contribution is 5.75. The number of carboxylic acid groups (broad SMARTS) is 1. The van der Waals surface area contributed by atoms with Crippen LogP contribution in [0, 0.1) is 0 Å². The molecule has 3 heterocycles. The molecule has 0 aromatic heterocycles. The zero-order valence-electron chi connectivity index (χ0n) is 44.5. The van der Waals surface area contributed by atoms with Crippen molar-refractivity contribution in [3.8, 4) is 0 Å². The van der Waals surface area contributed by atoms with Gasteiger partial charge in [-0.1, -0.05) is 0 Å². The highest BCUT2D eigenvalue weighted by Gasteiger charge is 2.54. The number of hydrogen-bond acceptors (Lipinski definition) is 33. The van der Waals surface area contributed by atoms with Gasteiger partial charge in [0.2, 0.25) is 11.8 Å². The summed E-state index contributed by atoms with van der Waals surface area (Å²) in [4.78, 5) is 36.5. The van der Waals surface area contributed by atoms with Crippen LogP contribution in [-0.2, 0) is 76.0 Å². The third-order valence-electron chi connectivity index (χ3n) is 12.8. The van der Waals surface area contributed by atoms with Crippen LogP contribution in [0.4, 0.5) is 0 Å². The first kappa shape index (κ1) is 72.5. The van der Waals surface area contributed by atoms with Gasteiger partial charge in [-0.2, -0.15) is 0 Å². The van der Waals surface area contributed by atoms with Crippen LogP contribution in [-0.4, -0.2) is 356 Å². The lowest BCUT2D eigenvalue weighted by atomic mass is 9.95. The van der Waals surface area contributed by atoms with E-state index in [2.05, 4.69) is 10.6 Å². The molecule has 81 heavy (non-hydrogen) atoms. The normalized spacial score (nSPS) is 32.8. The number of aliphatic hydroxyl groups is 17. The SMILES string of the molecule is COC(CO)[C@H](OCCO)OC1C(O)[C@H](O[C@H](C(O)CO)C(O)CNC(C)=O)OC(CO[C@H]2OC(CO)[C@@H](O)C(O)C2O[C@@H]2OC(CO)[C@@H](OCOC(CO)CO[C@](CCO)(OC[C@H](O)[C@H](O)CO)C(=O)O)C(O)C2NC(C)=O)[C@H]1O. The van der Waals surface area contributed by atoms with E-state index < -0.39 is 264 Å². The number of carbonyl (C=O) groups is 3. The molecule has 3 rings (SSSR count). The first-order valence-electron chi connectivity index (χ1n) is 25.4. The molecule has 3 aliphatic heterocycles. The molecule has 13 unspecified atom stereocenters. The van der Waals surface area contributed by atoms with E-state index in [0.29, 0.717) is 0 Å². The van der Waals surface area contributed by atoms with Gasteiger partial charge < -0.3 is 164 Å². The molecule has 0 spiro atoms. The molecule has 0 aromatic rings. The topological polar surface area (TPSA) is 559 Å². The largest absolute Gasteiger partial charge is 0.477 e. The van der Waals surface area contributed by atoms with Gasteiger partial charge in [0, 0.05) is 40.5 Å². The van der Waals surface area contributed by atoms with Crippen molar-refractivity contribution in [1.29, 1.82) is 0 Å². The third-order valence-corrected chi connectivity index (χ3v) is 12.8. The second-order valence-electron chi connectivity index (χ2n) is 18.7. The molecule has 36 heteroatoms. The zero-order valence-corrected chi connectivity index (χ0v) is 44.5. The Hall–Kier alpha value is -2.79. The van der Waals surface area contributed by atoms with Gasteiger partial charge in [-0.05, 0) is 0 Å². The maximum absolute atomic E-state index is 12.6. The Kier molecular flexibility index (Phi) is 32.4. The number of carbonyl (C=O) groups excluding carboxylic acids is 2. The predicted octanol–water partition coefficient (Wildman–Crippen LogP) is -12.5. The van der Waals surface area contributed by atoms with E-state index >= 15 is 0 Å². The summed E-state index contributed by atoms with van der Waals surface area (Å²) >= 11 is 0. The minimum Gasteiger partial charge on any atom is -0.477 e. The van der Waals surface area contributed by atoms with Crippen LogP contribution in [0.5, 0.6) is 0 Å². The Morgan fingerprint density at radius 3 is 1.80 bits per heavy atom. The highest BCUT2D eigenvalue weighted by Crippen LogP contribution is 2.34. The summed E-state index contributed by atoms with van der Waals surface area (Å²) in [7, 11) is 1.14. The standard InChI is InChI=1S/C45H82N2O34/c1-19(56)46-8-22(58)36(24(60)11-52)79-42-35(66)38(80-40(70-7-6-49)28(14-55)69-3)32(63)29(78-42)17-71-43-39(34(65)31(62)26(12-53)76-43)81-41-30(47-20(2)57)33(64)37(27(13-54)77-41)73-18-72-21(9-50)15-74-45(4-5-48,44(67)68)75-16-25(61)23(59)10-51/h21-43,48-55,58-66H,4-18H2,1-3H3,(H,46,56)(H,47,57)(H,67,68)/t21?,22?,23-,24?,25+,26?,27?,28?,29?,30?,31-,32-,33?,34?,35?,36+,37-,38?,39?,40-,41+,42+,43+,45-/m1/s1. The summed E-state index contributed by atoms with van der Waals surface area (Å²) in [6, 6.07) is -1.72. The first-order chi connectivity index (χ1) is 38.5. The molecule has 0 radical (unpaired) electrons. The van der Waals surface area contributed by atoms with Crippen LogP contribution < -0.4 is 10.6 Å². The minimum atomic E-state index is -2.69. The van der Waals surface area contributed by atoms with E-state index in [4.69, 9.17) is 66.7 Å². The maximum Gasteiger partial charge on any atom is 0.364 e. The lowest BCUT2D eigenvalue weighted by molar-refractivity contribution is -0.373. The molecule has 0 saturated carbocycles. The van der Waals surface area contributed by atoms with Gasteiger partial charge >= 0.3 is 5.97 Å². The van der Waals surface area contributed by atoms with Gasteiger partial charge in [0.15, 0.2) is 25.2 Å². The van der Waals surface area contributed by atoms with E-state index in [1.807, 2.05) is 0 Å². The van der Waals surface area contributed by atoms with Gasteiger partial charge in [0.05, 0.1) is 72.7 Å². The Labute approximate surface area is 462 Å². The number of aliphatic hydroxyl groups excluding tert-OH is 17. The molecule has 3 saturated heterocycles. The summed E-state index contributed by atoms with van der Waals surface area (Å²) < 4.78 is 73.5. The van der Waals surface area contributed by atoms with E-state index in [1.165, 1.54) is 0 Å². The number of hydrogen-bond donors (Lipinski definition) is 20. The van der Waals surface area contributed by atoms with Gasteiger partial charge in [0.25, 0.3) is 5.79 Å². The lowest BCUT2D eigenvalue weighted by Gasteiger charge is -2.48. The summed E-state index contributed by atoms with van der Waals surface area (Å²) in [5, 5.41) is 192. The fraction of sp³-hybridized carbons (Fsp3) is 0.933.